The van der Waals surface area contributed by atoms with Crippen molar-refractivity contribution in [2.24, 2.45) is 0 Å². The highest BCUT2D eigenvalue weighted by molar-refractivity contribution is 7.49. The summed E-state index contributed by atoms with van der Waals surface area (Å²) in [5.41, 5.74) is 2.40. The van der Waals surface area contributed by atoms with E-state index in [1.54, 1.807) is 0 Å². The molecule has 0 aromatic heterocycles. The van der Waals surface area contributed by atoms with Crippen LogP contribution >= 0.6 is 8.73 Å². The van der Waals surface area contributed by atoms with Crippen LogP contribution in [0.2, 0.25) is 0 Å². The smallest absolute Gasteiger partial charge is 0.0795 e. The third-order valence-electron chi connectivity index (χ3n) is 2.97. The van der Waals surface area contributed by atoms with Crippen LogP contribution in [0.5, 0.6) is 0 Å². The van der Waals surface area contributed by atoms with Crippen molar-refractivity contribution < 1.29 is 0 Å². The first kappa shape index (κ1) is 12.9. The van der Waals surface area contributed by atoms with Gasteiger partial charge >= 0.3 is 0 Å². The van der Waals surface area contributed by atoms with Crippen LogP contribution in [0.4, 0.5) is 11.4 Å². The van der Waals surface area contributed by atoms with Crippen LogP contribution in [0.1, 0.15) is 0 Å². The molecule has 0 spiro atoms. The van der Waals surface area contributed by atoms with Crippen molar-refractivity contribution in [1.29, 1.82) is 0 Å². The Bertz CT molecular complexity index is 599. The molecule has 3 rings (SSSR count). The highest BCUT2D eigenvalue weighted by Gasteiger charge is 2.10. The van der Waals surface area contributed by atoms with Crippen LogP contribution in [0.15, 0.2) is 91.0 Å². The molecular formula is C18H15NP. The van der Waals surface area contributed by atoms with Gasteiger partial charge in [0.15, 0.2) is 0 Å². The van der Waals surface area contributed by atoms with Crippen LogP contribution in [-0.4, -0.2) is 0 Å². The molecule has 1 radical (unpaired) electrons. The molecule has 0 saturated heterocycles. The maximum atomic E-state index is 2.30. The van der Waals surface area contributed by atoms with E-state index in [0.717, 1.165) is 8.73 Å². The molecule has 0 aliphatic heterocycles. The Balaban J connectivity index is 1.96. The minimum Gasteiger partial charge on any atom is -0.310 e. The monoisotopic (exact) mass is 276 g/mol. The minimum absolute atomic E-state index is 1.16. The summed E-state index contributed by atoms with van der Waals surface area (Å²) in [6.07, 6.45) is 0. The second-order valence-corrected chi connectivity index (χ2v) is 5.53. The number of hydrogen-bond acceptors (Lipinski definition) is 1. The first-order valence-electron chi connectivity index (χ1n) is 6.60. The van der Waals surface area contributed by atoms with Crippen molar-refractivity contribution in [1.82, 2.24) is 0 Å². The molecule has 0 amide bonds. The maximum Gasteiger partial charge on any atom is 0.0795 e. The normalized spacial score (nSPS) is 10.8. The molecule has 0 N–H and O–H groups in total. The highest BCUT2D eigenvalue weighted by atomic mass is 31.1. The van der Waals surface area contributed by atoms with Gasteiger partial charge in [0.2, 0.25) is 0 Å². The molecule has 0 atom stereocenters. The van der Waals surface area contributed by atoms with E-state index in [9.17, 15) is 0 Å². The third-order valence-corrected chi connectivity index (χ3v) is 4.16. The maximum absolute atomic E-state index is 2.30. The number of benzene rings is 3. The van der Waals surface area contributed by atoms with Gasteiger partial charge in [0.1, 0.15) is 0 Å². The quantitative estimate of drug-likeness (QED) is 0.605. The summed E-state index contributed by atoms with van der Waals surface area (Å²) in [7, 11) is 1.16. The van der Waals surface area contributed by atoms with Crippen LogP contribution in [0, 0.1) is 0 Å². The summed E-state index contributed by atoms with van der Waals surface area (Å²) in [6, 6.07) is 31.5. The third kappa shape index (κ3) is 3.07. The van der Waals surface area contributed by atoms with Crippen LogP contribution < -0.4 is 9.97 Å². The van der Waals surface area contributed by atoms with Crippen molar-refractivity contribution in [3.8, 4) is 0 Å². The zero-order chi connectivity index (χ0) is 13.6. The molecule has 97 valence electrons. The second-order valence-electron chi connectivity index (χ2n) is 4.42. The zero-order valence-electron chi connectivity index (χ0n) is 11.1. The number of nitrogens with zero attached hydrogens (tertiary/aromatic N) is 1. The Kier molecular flexibility index (Phi) is 4.10. The van der Waals surface area contributed by atoms with E-state index in [0.29, 0.717) is 0 Å². The van der Waals surface area contributed by atoms with E-state index in [-0.39, 0.29) is 0 Å². The molecule has 0 aliphatic rings. The Morgan fingerprint density at radius 2 is 0.900 bits per heavy atom. The van der Waals surface area contributed by atoms with Gasteiger partial charge in [-0.2, -0.15) is 0 Å². The molecule has 0 bridgehead atoms. The van der Waals surface area contributed by atoms with E-state index in [2.05, 4.69) is 77.5 Å². The predicted octanol–water partition coefficient (Wildman–Crippen LogP) is 5.01. The molecule has 20 heavy (non-hydrogen) atoms. The number of rotatable bonds is 4. The summed E-state index contributed by atoms with van der Waals surface area (Å²) in [5.74, 6) is 0. The van der Waals surface area contributed by atoms with Gasteiger partial charge in [0.25, 0.3) is 0 Å². The lowest BCUT2D eigenvalue weighted by atomic mass is 10.3. The lowest BCUT2D eigenvalue weighted by Gasteiger charge is -2.23. The Hall–Kier alpha value is -2.11. The Labute approximate surface area is 121 Å². The summed E-state index contributed by atoms with van der Waals surface area (Å²) < 4.78 is 2.30. The zero-order valence-corrected chi connectivity index (χ0v) is 11.9. The fourth-order valence-corrected chi connectivity index (χ4v) is 3.05. The molecule has 3 aromatic carbocycles. The van der Waals surface area contributed by atoms with Gasteiger partial charge in [-0.3, -0.25) is 0 Å². The first-order chi connectivity index (χ1) is 9.93. The van der Waals surface area contributed by atoms with Gasteiger partial charge < -0.3 is 4.67 Å². The van der Waals surface area contributed by atoms with Gasteiger partial charge in [-0.05, 0) is 24.3 Å². The predicted molar refractivity (Wildman–Crippen MR) is 88.0 cm³/mol. The van der Waals surface area contributed by atoms with Crippen LogP contribution in [0.3, 0.4) is 0 Å². The highest BCUT2D eigenvalue weighted by Crippen LogP contribution is 2.35. The van der Waals surface area contributed by atoms with E-state index in [4.69, 9.17) is 0 Å². The summed E-state index contributed by atoms with van der Waals surface area (Å²) in [4.78, 5) is 0. The van der Waals surface area contributed by atoms with E-state index in [1.807, 2.05) is 18.2 Å². The molecular weight excluding hydrogens is 261 g/mol. The number of hydrogen-bond donors (Lipinski definition) is 0. The van der Waals surface area contributed by atoms with E-state index >= 15 is 0 Å². The van der Waals surface area contributed by atoms with Gasteiger partial charge in [0.05, 0.1) is 8.73 Å². The van der Waals surface area contributed by atoms with Crippen molar-refractivity contribution in [2.45, 2.75) is 0 Å². The molecule has 0 aliphatic carbocycles. The van der Waals surface area contributed by atoms with Gasteiger partial charge in [0, 0.05) is 16.7 Å². The lowest BCUT2D eigenvalue weighted by molar-refractivity contribution is 1.43. The summed E-state index contributed by atoms with van der Waals surface area (Å²) >= 11 is 0. The lowest BCUT2D eigenvalue weighted by Crippen LogP contribution is -2.10. The standard InChI is InChI=1S/C18H15NP/c1-4-10-16(11-5-1)19(17-12-6-2-7-13-17)20-18-14-8-3-9-15-18/h1-15H. The second kappa shape index (κ2) is 6.36. The van der Waals surface area contributed by atoms with Gasteiger partial charge in [-0.1, -0.05) is 66.7 Å². The van der Waals surface area contributed by atoms with Crippen LogP contribution in [0.25, 0.3) is 0 Å². The summed E-state index contributed by atoms with van der Waals surface area (Å²) in [6.45, 7) is 0. The molecule has 0 fully saturated rings. The van der Waals surface area contributed by atoms with Crippen molar-refractivity contribution in [3.63, 3.8) is 0 Å². The topological polar surface area (TPSA) is 3.24 Å². The largest absolute Gasteiger partial charge is 0.310 e. The van der Waals surface area contributed by atoms with Crippen LogP contribution in [-0.2, 0) is 0 Å². The molecule has 0 heterocycles. The average Bonchev–Trinajstić information content (AvgIpc) is 2.55. The van der Waals surface area contributed by atoms with Crippen molar-refractivity contribution in [2.75, 3.05) is 4.67 Å². The number of anilines is 2. The van der Waals surface area contributed by atoms with Crippen molar-refractivity contribution >= 4 is 25.4 Å². The summed E-state index contributed by atoms with van der Waals surface area (Å²) in [5, 5.41) is 1.28. The van der Waals surface area contributed by atoms with Crippen molar-refractivity contribution in [3.05, 3.63) is 91.0 Å². The molecule has 1 nitrogen and oxygen atoms in total. The molecule has 3 aromatic rings. The molecule has 0 saturated carbocycles. The Morgan fingerprint density at radius 1 is 0.500 bits per heavy atom. The minimum atomic E-state index is 1.16. The van der Waals surface area contributed by atoms with Gasteiger partial charge in [-0.25, -0.2) is 0 Å². The Morgan fingerprint density at radius 3 is 1.35 bits per heavy atom. The first-order valence-corrected chi connectivity index (χ1v) is 7.45. The SMILES string of the molecule is c1ccc([P]N(c2ccccc2)c2ccccc2)cc1. The average molecular weight is 276 g/mol. The fourth-order valence-electron chi connectivity index (χ4n) is 2.01. The molecule has 0 unspecified atom stereocenters. The van der Waals surface area contributed by atoms with E-state index < -0.39 is 0 Å². The fraction of sp³-hybridized carbons (Fsp3) is 0. The molecule has 2 heteroatoms. The van der Waals surface area contributed by atoms with Gasteiger partial charge in [-0.15, -0.1) is 0 Å². The number of para-hydroxylation sites is 2. The van der Waals surface area contributed by atoms with E-state index in [1.165, 1.54) is 16.7 Å².